The number of benzene rings is 1. The highest BCUT2D eigenvalue weighted by Crippen LogP contribution is 2.30. The van der Waals surface area contributed by atoms with Gasteiger partial charge in [0.1, 0.15) is 11.4 Å². The molecule has 0 aliphatic heterocycles. The van der Waals surface area contributed by atoms with Crippen LogP contribution in [0.25, 0.3) is 11.3 Å². The Balaban J connectivity index is 1.65. The van der Waals surface area contributed by atoms with Crippen molar-refractivity contribution in [3.05, 3.63) is 65.6 Å². The first-order valence-electron chi connectivity index (χ1n) is 7.79. The van der Waals surface area contributed by atoms with Crippen molar-refractivity contribution >= 4 is 11.8 Å². The van der Waals surface area contributed by atoms with E-state index in [2.05, 4.69) is 20.8 Å². The van der Waals surface area contributed by atoms with Crippen molar-refractivity contribution in [3.8, 4) is 11.3 Å². The van der Waals surface area contributed by atoms with E-state index in [-0.39, 0.29) is 0 Å². The summed E-state index contributed by atoms with van der Waals surface area (Å²) in [4.78, 5) is 15.2. The Hall–Kier alpha value is -3.19. The molecule has 0 aliphatic carbocycles. The molecule has 7 nitrogen and oxygen atoms in total. The van der Waals surface area contributed by atoms with Crippen LogP contribution in [0.5, 0.6) is 0 Å². The van der Waals surface area contributed by atoms with Gasteiger partial charge in [-0.3, -0.25) is 10.3 Å². The van der Waals surface area contributed by atoms with Crippen molar-refractivity contribution in [2.24, 2.45) is 0 Å². The van der Waals surface area contributed by atoms with E-state index in [1.165, 1.54) is 0 Å². The van der Waals surface area contributed by atoms with Gasteiger partial charge in [-0.05, 0) is 24.6 Å². The number of nitrogens with zero attached hydrogens (tertiary/aromatic N) is 2. The fraction of sp³-hybridized carbons (Fsp3) is 0.167. The van der Waals surface area contributed by atoms with Crippen LogP contribution in [0.1, 0.15) is 17.0 Å². The molecule has 1 aromatic carbocycles. The normalized spacial score (nSPS) is 10.6. The number of pyridine rings is 1. The lowest BCUT2D eigenvalue weighted by Crippen LogP contribution is -2.13. The largest absolute Gasteiger partial charge is 0.465 e. The summed E-state index contributed by atoms with van der Waals surface area (Å²) in [5.41, 5.74) is 3.72. The van der Waals surface area contributed by atoms with E-state index in [1.807, 2.05) is 42.5 Å². The van der Waals surface area contributed by atoms with Crippen LogP contribution in [0.2, 0.25) is 0 Å². The molecule has 0 unspecified atom stereocenters. The first-order chi connectivity index (χ1) is 12.1. The SMILES string of the molecule is Cc1noc(-c2ccc(CNCc3ccccn3)cc2)c1NC(=O)O. The number of rotatable bonds is 6. The zero-order valence-corrected chi connectivity index (χ0v) is 13.7. The fourth-order valence-electron chi connectivity index (χ4n) is 2.43. The second-order valence-corrected chi connectivity index (χ2v) is 5.52. The number of aryl methyl sites for hydroxylation is 1. The van der Waals surface area contributed by atoms with Crippen LogP contribution >= 0.6 is 0 Å². The van der Waals surface area contributed by atoms with Gasteiger partial charge in [0, 0.05) is 24.8 Å². The zero-order chi connectivity index (χ0) is 17.6. The van der Waals surface area contributed by atoms with Crippen molar-refractivity contribution in [1.82, 2.24) is 15.5 Å². The van der Waals surface area contributed by atoms with E-state index >= 15 is 0 Å². The van der Waals surface area contributed by atoms with Gasteiger partial charge in [-0.2, -0.15) is 0 Å². The summed E-state index contributed by atoms with van der Waals surface area (Å²) in [6.07, 6.45) is 0.622. The highest BCUT2D eigenvalue weighted by molar-refractivity contribution is 5.89. The first kappa shape index (κ1) is 16.7. The van der Waals surface area contributed by atoms with Gasteiger partial charge < -0.3 is 14.9 Å². The first-order valence-corrected chi connectivity index (χ1v) is 7.79. The van der Waals surface area contributed by atoms with Crippen LogP contribution in [0.3, 0.4) is 0 Å². The Morgan fingerprint density at radius 2 is 1.96 bits per heavy atom. The summed E-state index contributed by atoms with van der Waals surface area (Å²) in [6.45, 7) is 3.08. The Morgan fingerprint density at radius 3 is 2.64 bits per heavy atom. The Labute approximate surface area is 144 Å². The molecule has 0 spiro atoms. The van der Waals surface area contributed by atoms with E-state index in [9.17, 15) is 4.79 Å². The van der Waals surface area contributed by atoms with E-state index in [0.717, 1.165) is 16.8 Å². The summed E-state index contributed by atoms with van der Waals surface area (Å²) < 4.78 is 5.26. The molecule has 0 atom stereocenters. The van der Waals surface area contributed by atoms with Crippen molar-refractivity contribution < 1.29 is 14.4 Å². The van der Waals surface area contributed by atoms with Crippen LogP contribution in [0, 0.1) is 6.92 Å². The Kier molecular flexibility index (Phi) is 5.06. The molecule has 3 aromatic rings. The van der Waals surface area contributed by atoms with Crippen molar-refractivity contribution in [2.75, 3.05) is 5.32 Å². The molecule has 0 bridgehead atoms. The van der Waals surface area contributed by atoms with Gasteiger partial charge in [-0.1, -0.05) is 35.5 Å². The van der Waals surface area contributed by atoms with E-state index in [4.69, 9.17) is 9.63 Å². The van der Waals surface area contributed by atoms with Gasteiger partial charge in [-0.15, -0.1) is 0 Å². The predicted molar refractivity (Wildman–Crippen MR) is 93.1 cm³/mol. The van der Waals surface area contributed by atoms with Crippen molar-refractivity contribution in [3.63, 3.8) is 0 Å². The number of amides is 1. The summed E-state index contributed by atoms with van der Waals surface area (Å²) in [5, 5.41) is 18.4. The lowest BCUT2D eigenvalue weighted by atomic mass is 10.1. The lowest BCUT2D eigenvalue weighted by Gasteiger charge is -2.06. The van der Waals surface area contributed by atoms with E-state index < -0.39 is 6.09 Å². The molecule has 0 saturated carbocycles. The second kappa shape index (κ2) is 7.59. The van der Waals surface area contributed by atoms with Gasteiger partial charge >= 0.3 is 6.09 Å². The summed E-state index contributed by atoms with van der Waals surface area (Å²) >= 11 is 0. The molecule has 0 aliphatic rings. The molecule has 25 heavy (non-hydrogen) atoms. The molecular formula is C18H18N4O3. The molecule has 3 N–H and O–H groups in total. The fourth-order valence-corrected chi connectivity index (χ4v) is 2.43. The second-order valence-electron chi connectivity index (χ2n) is 5.52. The minimum atomic E-state index is -1.15. The number of hydrogen-bond donors (Lipinski definition) is 3. The van der Waals surface area contributed by atoms with Crippen LogP contribution in [0.15, 0.2) is 53.2 Å². The third kappa shape index (κ3) is 4.21. The number of anilines is 1. The molecule has 2 aromatic heterocycles. The molecule has 0 radical (unpaired) electrons. The third-order valence-corrected chi connectivity index (χ3v) is 3.67. The minimum absolute atomic E-state index is 0.369. The maximum Gasteiger partial charge on any atom is 0.409 e. The summed E-state index contributed by atoms with van der Waals surface area (Å²) in [5.74, 6) is 0.410. The van der Waals surface area contributed by atoms with E-state index in [1.54, 1.807) is 13.1 Å². The van der Waals surface area contributed by atoms with Gasteiger partial charge in [0.25, 0.3) is 0 Å². The van der Waals surface area contributed by atoms with E-state index in [0.29, 0.717) is 30.2 Å². The molecule has 1 amide bonds. The third-order valence-electron chi connectivity index (χ3n) is 3.67. The maximum absolute atomic E-state index is 10.9. The molecule has 128 valence electrons. The van der Waals surface area contributed by atoms with Crippen LogP contribution < -0.4 is 10.6 Å². The Bertz CT molecular complexity index is 845. The van der Waals surface area contributed by atoms with Gasteiger partial charge in [0.2, 0.25) is 0 Å². The standard InChI is InChI=1S/C18H18N4O3/c1-12-16(21-18(23)24)17(25-22-12)14-7-5-13(6-8-14)10-19-11-15-4-2-3-9-20-15/h2-9,19,21H,10-11H2,1H3,(H,23,24). The minimum Gasteiger partial charge on any atom is -0.465 e. The number of carbonyl (C=O) groups is 1. The van der Waals surface area contributed by atoms with Crippen LogP contribution in [-0.2, 0) is 13.1 Å². The number of carboxylic acid groups (broad SMARTS) is 1. The molecule has 0 saturated heterocycles. The predicted octanol–water partition coefficient (Wildman–Crippen LogP) is 3.42. The monoisotopic (exact) mass is 338 g/mol. The van der Waals surface area contributed by atoms with Crippen LogP contribution in [-0.4, -0.2) is 21.3 Å². The van der Waals surface area contributed by atoms with Gasteiger partial charge in [-0.25, -0.2) is 4.79 Å². The average molecular weight is 338 g/mol. The van der Waals surface area contributed by atoms with Crippen molar-refractivity contribution in [2.45, 2.75) is 20.0 Å². The summed E-state index contributed by atoms with van der Waals surface area (Å²) in [6, 6.07) is 13.5. The Morgan fingerprint density at radius 1 is 1.16 bits per heavy atom. The van der Waals surface area contributed by atoms with Crippen molar-refractivity contribution in [1.29, 1.82) is 0 Å². The maximum atomic E-state index is 10.9. The molecule has 2 heterocycles. The molecule has 3 rings (SSSR count). The number of nitrogens with one attached hydrogen (secondary N) is 2. The average Bonchev–Trinajstić information content (AvgIpc) is 2.97. The topological polar surface area (TPSA) is 100 Å². The zero-order valence-electron chi connectivity index (χ0n) is 13.7. The molecule has 7 heteroatoms. The van der Waals surface area contributed by atoms with Gasteiger partial charge in [0.15, 0.2) is 5.76 Å². The number of aromatic nitrogens is 2. The van der Waals surface area contributed by atoms with Gasteiger partial charge in [0.05, 0.1) is 5.69 Å². The van der Waals surface area contributed by atoms with Crippen LogP contribution in [0.4, 0.5) is 10.5 Å². The highest BCUT2D eigenvalue weighted by Gasteiger charge is 2.16. The summed E-state index contributed by atoms with van der Waals surface area (Å²) in [7, 11) is 0. The number of hydrogen-bond acceptors (Lipinski definition) is 5. The smallest absolute Gasteiger partial charge is 0.409 e. The molecule has 0 fully saturated rings. The molecular weight excluding hydrogens is 320 g/mol. The highest BCUT2D eigenvalue weighted by atomic mass is 16.5. The lowest BCUT2D eigenvalue weighted by molar-refractivity contribution is 0.209. The quantitative estimate of drug-likeness (QED) is 0.637.